The van der Waals surface area contributed by atoms with Gasteiger partial charge >= 0.3 is 5.63 Å². The molecule has 0 aliphatic carbocycles. The Kier molecular flexibility index (Phi) is 6.55. The van der Waals surface area contributed by atoms with Crippen LogP contribution in [0.4, 0.5) is 5.69 Å². The summed E-state index contributed by atoms with van der Waals surface area (Å²) in [6, 6.07) is 7.28. The Bertz CT molecular complexity index is 1170. The zero-order valence-corrected chi connectivity index (χ0v) is 18.9. The number of ketones is 1. The van der Waals surface area contributed by atoms with Crippen molar-refractivity contribution in [1.82, 2.24) is 9.88 Å². The molecule has 0 atom stereocenters. The van der Waals surface area contributed by atoms with Gasteiger partial charge in [-0.3, -0.25) is 14.7 Å². The maximum atomic E-state index is 12.3. The number of rotatable bonds is 7. The molecule has 0 N–H and O–H groups in total. The minimum Gasteiger partial charge on any atom is -0.492 e. The number of benzene rings is 1. The third kappa shape index (κ3) is 4.67. The van der Waals surface area contributed by atoms with Gasteiger partial charge in [-0.2, -0.15) is 0 Å². The van der Waals surface area contributed by atoms with Crippen LogP contribution in [-0.4, -0.2) is 55.0 Å². The minimum absolute atomic E-state index is 0.0581. The monoisotopic (exact) mass is 435 g/mol. The molecule has 1 aromatic carbocycles. The number of fused-ring (bicyclic) bond motifs is 1. The maximum absolute atomic E-state index is 12.3. The Morgan fingerprint density at radius 1 is 1.09 bits per heavy atom. The highest BCUT2D eigenvalue weighted by molar-refractivity contribution is 6.04. The normalized spacial score (nSPS) is 14.7. The fourth-order valence-electron chi connectivity index (χ4n) is 4.43. The average molecular weight is 436 g/mol. The lowest BCUT2D eigenvalue weighted by Crippen LogP contribution is -2.46. The van der Waals surface area contributed by atoms with E-state index < -0.39 is 5.63 Å². The predicted octanol–water partition coefficient (Wildman–Crippen LogP) is 3.60. The smallest absolute Gasteiger partial charge is 0.336 e. The molecule has 3 aromatic rings. The molecule has 4 rings (SSSR count). The lowest BCUT2D eigenvalue weighted by Gasteiger charge is -2.36. The topological polar surface area (TPSA) is 75.9 Å². The summed E-state index contributed by atoms with van der Waals surface area (Å²) in [6.45, 7) is 10.6. The van der Waals surface area contributed by atoms with Gasteiger partial charge in [-0.05, 0) is 56.5 Å². The number of Topliss-reactive ketones (excluding diaryl/α,β-unsaturated/α-hetero) is 1. The Morgan fingerprint density at radius 3 is 2.50 bits per heavy atom. The van der Waals surface area contributed by atoms with Crippen molar-refractivity contribution in [3.8, 4) is 5.75 Å². The highest BCUT2D eigenvalue weighted by atomic mass is 16.5. The van der Waals surface area contributed by atoms with Gasteiger partial charge in [0.2, 0.25) is 0 Å². The largest absolute Gasteiger partial charge is 0.492 e. The second-order valence-corrected chi connectivity index (χ2v) is 8.31. The number of anilines is 1. The first-order valence-corrected chi connectivity index (χ1v) is 11.0. The van der Waals surface area contributed by atoms with E-state index in [-0.39, 0.29) is 5.78 Å². The first-order valence-electron chi connectivity index (χ1n) is 11.0. The molecule has 0 amide bonds. The second kappa shape index (κ2) is 9.53. The molecule has 32 heavy (non-hydrogen) atoms. The fourth-order valence-corrected chi connectivity index (χ4v) is 4.43. The van der Waals surface area contributed by atoms with E-state index in [2.05, 4.69) is 14.8 Å². The zero-order chi connectivity index (χ0) is 22.7. The van der Waals surface area contributed by atoms with E-state index in [1.54, 1.807) is 6.07 Å². The Labute approximate surface area is 187 Å². The molecular formula is C25H29N3O4. The van der Waals surface area contributed by atoms with Gasteiger partial charge in [0.05, 0.1) is 17.6 Å². The number of carbonyl (C=O) groups excluding carboxylic acids is 1. The quantitative estimate of drug-likeness (QED) is 0.319. The molecule has 3 heterocycles. The molecular weight excluding hydrogens is 406 g/mol. The van der Waals surface area contributed by atoms with Crippen LogP contribution in [0.25, 0.3) is 11.0 Å². The summed E-state index contributed by atoms with van der Waals surface area (Å²) in [5.74, 6) is 0.466. The van der Waals surface area contributed by atoms with E-state index >= 15 is 0 Å². The number of hydrogen-bond acceptors (Lipinski definition) is 7. The van der Waals surface area contributed by atoms with E-state index in [0.717, 1.165) is 50.3 Å². The fraction of sp³-hybridized carbons (Fsp3) is 0.400. The van der Waals surface area contributed by atoms with Gasteiger partial charge in [0.25, 0.3) is 0 Å². The molecule has 0 saturated carbocycles. The van der Waals surface area contributed by atoms with E-state index in [9.17, 15) is 9.59 Å². The van der Waals surface area contributed by atoms with Crippen molar-refractivity contribution in [2.24, 2.45) is 0 Å². The van der Waals surface area contributed by atoms with Crippen molar-refractivity contribution in [2.75, 3.05) is 44.2 Å². The third-order valence-corrected chi connectivity index (χ3v) is 6.00. The molecule has 2 aromatic heterocycles. The van der Waals surface area contributed by atoms with Gasteiger partial charge in [0, 0.05) is 56.9 Å². The van der Waals surface area contributed by atoms with Crippen LogP contribution < -0.4 is 15.3 Å². The lowest BCUT2D eigenvalue weighted by atomic mass is 9.98. The van der Waals surface area contributed by atoms with Gasteiger partial charge in [-0.1, -0.05) is 0 Å². The van der Waals surface area contributed by atoms with Crippen LogP contribution in [0.1, 0.15) is 34.8 Å². The van der Waals surface area contributed by atoms with Crippen LogP contribution >= 0.6 is 0 Å². The second-order valence-electron chi connectivity index (χ2n) is 8.31. The Morgan fingerprint density at radius 2 is 1.81 bits per heavy atom. The van der Waals surface area contributed by atoms with Crippen molar-refractivity contribution in [3.05, 3.63) is 63.8 Å². The van der Waals surface area contributed by atoms with E-state index in [1.807, 2.05) is 38.4 Å². The highest BCUT2D eigenvalue weighted by Crippen LogP contribution is 2.34. The third-order valence-electron chi connectivity index (χ3n) is 6.00. The number of ether oxygens (including phenoxy) is 1. The van der Waals surface area contributed by atoms with Crippen LogP contribution in [0.5, 0.6) is 5.75 Å². The first kappa shape index (κ1) is 22.0. The standard InChI is InChI=1S/C25H29N3O4/c1-17-15-21-24(18(2)16-22(30)32-21)25(23(17)19(3)29)31-14-4-9-27-10-12-28(13-11-27)20-5-7-26-8-6-20/h5-8,15-16H,4,9-14H2,1-3H3. The molecule has 0 unspecified atom stereocenters. The van der Waals surface area contributed by atoms with Crippen molar-refractivity contribution < 1.29 is 13.9 Å². The first-order chi connectivity index (χ1) is 15.4. The van der Waals surface area contributed by atoms with Crippen molar-refractivity contribution in [2.45, 2.75) is 27.2 Å². The molecule has 7 heteroatoms. The van der Waals surface area contributed by atoms with Crippen molar-refractivity contribution >= 4 is 22.4 Å². The van der Waals surface area contributed by atoms with Crippen molar-refractivity contribution in [1.29, 1.82) is 0 Å². The van der Waals surface area contributed by atoms with E-state index in [0.29, 0.717) is 28.9 Å². The van der Waals surface area contributed by atoms with Crippen LogP contribution in [0.3, 0.4) is 0 Å². The minimum atomic E-state index is -0.401. The molecule has 7 nitrogen and oxygen atoms in total. The van der Waals surface area contributed by atoms with Crippen LogP contribution in [0.2, 0.25) is 0 Å². The number of nitrogens with zero attached hydrogens (tertiary/aromatic N) is 3. The van der Waals surface area contributed by atoms with Crippen LogP contribution in [0.15, 0.2) is 45.9 Å². The molecule has 0 bridgehead atoms. The zero-order valence-electron chi connectivity index (χ0n) is 18.9. The van der Waals surface area contributed by atoms with E-state index in [4.69, 9.17) is 9.15 Å². The van der Waals surface area contributed by atoms with Gasteiger partial charge < -0.3 is 14.1 Å². The number of aryl methyl sites for hydroxylation is 2. The number of carbonyl (C=O) groups is 1. The molecule has 0 spiro atoms. The molecule has 1 fully saturated rings. The predicted molar refractivity (Wildman–Crippen MR) is 125 cm³/mol. The summed E-state index contributed by atoms with van der Waals surface area (Å²) < 4.78 is 11.6. The highest BCUT2D eigenvalue weighted by Gasteiger charge is 2.20. The molecule has 1 aliphatic rings. The molecule has 1 saturated heterocycles. The summed E-state index contributed by atoms with van der Waals surface area (Å²) in [4.78, 5) is 33.1. The number of pyridine rings is 1. The number of aromatic nitrogens is 1. The summed E-state index contributed by atoms with van der Waals surface area (Å²) >= 11 is 0. The number of piperazine rings is 1. The van der Waals surface area contributed by atoms with Gasteiger partial charge in [-0.15, -0.1) is 0 Å². The molecule has 168 valence electrons. The molecule has 0 radical (unpaired) electrons. The van der Waals surface area contributed by atoms with Gasteiger partial charge in [0.1, 0.15) is 11.3 Å². The van der Waals surface area contributed by atoms with Crippen LogP contribution in [0, 0.1) is 13.8 Å². The number of hydrogen-bond donors (Lipinski definition) is 0. The molecule has 1 aliphatic heterocycles. The lowest BCUT2D eigenvalue weighted by molar-refractivity contribution is 0.101. The SMILES string of the molecule is CC(=O)c1c(C)cc2oc(=O)cc(C)c2c1OCCCN1CCN(c2ccncc2)CC1. The summed E-state index contributed by atoms with van der Waals surface area (Å²) in [6.07, 6.45) is 4.50. The summed E-state index contributed by atoms with van der Waals surface area (Å²) in [5, 5.41) is 0.700. The van der Waals surface area contributed by atoms with Crippen molar-refractivity contribution in [3.63, 3.8) is 0 Å². The maximum Gasteiger partial charge on any atom is 0.336 e. The Balaban J connectivity index is 1.40. The average Bonchev–Trinajstić information content (AvgIpc) is 2.76. The Hall–Kier alpha value is -3.19. The summed E-state index contributed by atoms with van der Waals surface area (Å²) in [5.41, 5.74) is 3.33. The van der Waals surface area contributed by atoms with E-state index in [1.165, 1.54) is 18.7 Å². The summed E-state index contributed by atoms with van der Waals surface area (Å²) in [7, 11) is 0. The van der Waals surface area contributed by atoms with Crippen LogP contribution in [-0.2, 0) is 0 Å². The van der Waals surface area contributed by atoms with Gasteiger partial charge in [0.15, 0.2) is 5.78 Å². The van der Waals surface area contributed by atoms with Gasteiger partial charge in [-0.25, -0.2) is 4.79 Å².